The molecule has 1 unspecified atom stereocenters. The largest absolute Gasteiger partial charge is 0.366 e. The number of rotatable bonds is 2. The highest BCUT2D eigenvalue weighted by Gasteiger charge is 2.41. The summed E-state index contributed by atoms with van der Waals surface area (Å²) in [6, 6.07) is 0.263. The fraction of sp³-hybridized carbons (Fsp3) is 0.933. The summed E-state index contributed by atoms with van der Waals surface area (Å²) < 4.78 is 5.59. The van der Waals surface area contributed by atoms with Crippen LogP contribution in [0.4, 0.5) is 0 Å². The number of hydrogen-bond donors (Lipinski definition) is 2. The van der Waals surface area contributed by atoms with Crippen LogP contribution in [0.5, 0.6) is 0 Å². The van der Waals surface area contributed by atoms with E-state index in [0.717, 1.165) is 19.4 Å². The van der Waals surface area contributed by atoms with Gasteiger partial charge >= 0.3 is 0 Å². The number of morpholine rings is 1. The van der Waals surface area contributed by atoms with Crippen LogP contribution < -0.4 is 10.6 Å². The monoisotopic (exact) mass is 283 g/mol. The summed E-state index contributed by atoms with van der Waals surface area (Å²) in [5, 5.41) is 6.87. The van der Waals surface area contributed by atoms with Crippen LogP contribution in [0, 0.1) is 0 Å². The van der Waals surface area contributed by atoms with E-state index in [1.165, 1.54) is 0 Å². The summed E-state index contributed by atoms with van der Waals surface area (Å²) in [6.07, 6.45) is 1.62. The number of nitrogens with one attached hydrogen (secondary N) is 2. The van der Waals surface area contributed by atoms with Crippen LogP contribution in [0.3, 0.4) is 0 Å². The molecule has 0 aromatic rings. The zero-order valence-corrected chi connectivity index (χ0v) is 13.5. The molecular weight excluding hydrogens is 254 g/mol. The maximum Gasteiger partial charge on any atom is 0.253 e. The van der Waals surface area contributed by atoms with E-state index in [1.54, 1.807) is 0 Å². The molecule has 2 aliphatic heterocycles. The third-order valence-corrected chi connectivity index (χ3v) is 4.27. The van der Waals surface area contributed by atoms with E-state index in [9.17, 15) is 4.79 Å². The zero-order chi connectivity index (χ0) is 15.0. The molecule has 20 heavy (non-hydrogen) atoms. The number of carbonyl (C=O) groups is 1. The molecule has 0 aromatic carbocycles. The predicted molar refractivity (Wildman–Crippen MR) is 79.7 cm³/mol. The Morgan fingerprint density at radius 3 is 2.30 bits per heavy atom. The van der Waals surface area contributed by atoms with Gasteiger partial charge in [0.05, 0.1) is 6.61 Å². The lowest BCUT2D eigenvalue weighted by Crippen LogP contribution is -2.63. The smallest absolute Gasteiger partial charge is 0.253 e. The molecule has 0 aromatic heterocycles. The molecule has 0 spiro atoms. The van der Waals surface area contributed by atoms with E-state index >= 15 is 0 Å². The van der Waals surface area contributed by atoms with Crippen LogP contribution in [0.25, 0.3) is 0 Å². The second-order valence-electron chi connectivity index (χ2n) is 7.47. The maximum absolute atomic E-state index is 12.6. The van der Waals surface area contributed by atoms with Gasteiger partial charge in [-0.2, -0.15) is 0 Å². The lowest BCUT2D eigenvalue weighted by atomic mass is 9.79. The third-order valence-electron chi connectivity index (χ3n) is 4.27. The molecule has 2 heterocycles. The van der Waals surface area contributed by atoms with Gasteiger partial charge in [-0.25, -0.2) is 0 Å². The molecule has 0 radical (unpaired) electrons. The van der Waals surface area contributed by atoms with Crippen molar-refractivity contribution in [1.82, 2.24) is 15.5 Å². The van der Waals surface area contributed by atoms with E-state index in [4.69, 9.17) is 4.74 Å². The molecular formula is C15H29N3O2. The first-order valence-electron chi connectivity index (χ1n) is 7.59. The first-order chi connectivity index (χ1) is 9.20. The number of amides is 1. The molecule has 0 bridgehead atoms. The van der Waals surface area contributed by atoms with E-state index < -0.39 is 0 Å². The number of nitrogens with zero attached hydrogens (tertiary/aromatic N) is 1. The summed E-state index contributed by atoms with van der Waals surface area (Å²) in [4.78, 5) is 14.5. The number of piperidine rings is 1. The number of ether oxygens (including phenoxy) is 1. The molecule has 1 atom stereocenters. The van der Waals surface area contributed by atoms with Crippen molar-refractivity contribution in [3.05, 3.63) is 0 Å². The molecule has 1 amide bonds. The minimum absolute atomic E-state index is 0.0482. The Hall–Kier alpha value is -0.650. The van der Waals surface area contributed by atoms with Crippen molar-refractivity contribution in [2.24, 2.45) is 0 Å². The molecule has 2 rings (SSSR count). The fourth-order valence-corrected chi connectivity index (χ4v) is 3.67. The van der Waals surface area contributed by atoms with E-state index in [2.05, 4.69) is 38.3 Å². The van der Waals surface area contributed by atoms with Crippen molar-refractivity contribution >= 4 is 5.91 Å². The Morgan fingerprint density at radius 1 is 1.20 bits per heavy atom. The van der Waals surface area contributed by atoms with Crippen LogP contribution in [-0.2, 0) is 9.53 Å². The van der Waals surface area contributed by atoms with E-state index in [1.807, 2.05) is 11.9 Å². The van der Waals surface area contributed by atoms with Gasteiger partial charge in [-0.15, -0.1) is 0 Å². The van der Waals surface area contributed by atoms with Crippen LogP contribution in [0.1, 0.15) is 40.5 Å². The maximum atomic E-state index is 12.6. The predicted octanol–water partition coefficient (Wildman–Crippen LogP) is 0.742. The molecule has 2 aliphatic rings. The quantitative estimate of drug-likeness (QED) is 0.785. The first-order valence-corrected chi connectivity index (χ1v) is 7.59. The van der Waals surface area contributed by atoms with Gasteiger partial charge in [0.25, 0.3) is 5.91 Å². The normalized spacial score (nSPS) is 29.9. The van der Waals surface area contributed by atoms with Gasteiger partial charge in [-0.1, -0.05) is 0 Å². The van der Waals surface area contributed by atoms with Crippen LogP contribution in [0.2, 0.25) is 0 Å². The highest BCUT2D eigenvalue weighted by atomic mass is 16.5. The van der Waals surface area contributed by atoms with Gasteiger partial charge in [-0.3, -0.25) is 4.79 Å². The Labute approximate surface area is 122 Å². The summed E-state index contributed by atoms with van der Waals surface area (Å²) in [5.41, 5.74) is 0.0965. The van der Waals surface area contributed by atoms with E-state index in [-0.39, 0.29) is 29.1 Å². The van der Waals surface area contributed by atoms with Crippen LogP contribution in [-0.4, -0.2) is 60.8 Å². The molecule has 0 aliphatic carbocycles. The van der Waals surface area contributed by atoms with Gasteiger partial charge in [0.1, 0.15) is 6.10 Å². The van der Waals surface area contributed by atoms with Gasteiger partial charge in [-0.05, 0) is 40.5 Å². The average Bonchev–Trinajstić information content (AvgIpc) is 2.34. The molecule has 0 saturated carbocycles. The second kappa shape index (κ2) is 5.62. The van der Waals surface area contributed by atoms with Crippen molar-refractivity contribution < 1.29 is 9.53 Å². The highest BCUT2D eigenvalue weighted by Crippen LogP contribution is 2.31. The minimum atomic E-state index is -0.324. The standard InChI is InChI=1S/C15H29N3O2/c1-14(2)8-11(9-15(3,4)17-14)18(5)13(19)12-10-16-6-7-20-12/h11-12,16-17H,6-10H2,1-5H3. The van der Waals surface area contributed by atoms with Crippen molar-refractivity contribution in [2.45, 2.75) is 63.8 Å². The van der Waals surface area contributed by atoms with Crippen LogP contribution >= 0.6 is 0 Å². The Bertz CT molecular complexity index is 346. The summed E-state index contributed by atoms with van der Waals surface area (Å²) in [6.45, 7) is 10.9. The summed E-state index contributed by atoms with van der Waals surface area (Å²) >= 11 is 0. The van der Waals surface area contributed by atoms with Gasteiger partial charge in [0.15, 0.2) is 0 Å². The molecule has 116 valence electrons. The van der Waals surface area contributed by atoms with Gasteiger partial charge in [0, 0.05) is 37.3 Å². The van der Waals surface area contributed by atoms with Gasteiger partial charge < -0.3 is 20.3 Å². The third kappa shape index (κ3) is 3.71. The highest BCUT2D eigenvalue weighted by molar-refractivity contribution is 5.81. The van der Waals surface area contributed by atoms with Crippen molar-refractivity contribution in [1.29, 1.82) is 0 Å². The SMILES string of the molecule is CN(C(=O)C1CNCCO1)C1CC(C)(C)NC(C)(C)C1. The Morgan fingerprint density at radius 2 is 1.80 bits per heavy atom. The van der Waals surface area contributed by atoms with Crippen molar-refractivity contribution in [3.8, 4) is 0 Å². The van der Waals surface area contributed by atoms with Crippen molar-refractivity contribution in [3.63, 3.8) is 0 Å². The van der Waals surface area contributed by atoms with Crippen molar-refractivity contribution in [2.75, 3.05) is 26.7 Å². The van der Waals surface area contributed by atoms with Gasteiger partial charge in [0.2, 0.25) is 0 Å². The summed E-state index contributed by atoms with van der Waals surface area (Å²) in [5.74, 6) is 0.107. The molecule has 2 N–H and O–H groups in total. The van der Waals surface area contributed by atoms with E-state index in [0.29, 0.717) is 13.2 Å². The Kier molecular flexibility index (Phi) is 4.42. The minimum Gasteiger partial charge on any atom is -0.366 e. The molecule has 5 heteroatoms. The lowest BCUT2D eigenvalue weighted by molar-refractivity contribution is -0.147. The zero-order valence-electron chi connectivity index (χ0n) is 13.5. The Balaban J connectivity index is 2.03. The number of carbonyl (C=O) groups excluding carboxylic acids is 1. The molecule has 2 saturated heterocycles. The average molecular weight is 283 g/mol. The number of likely N-dealkylation sites (N-methyl/N-ethyl adjacent to an activating group) is 1. The summed E-state index contributed by atoms with van der Waals surface area (Å²) in [7, 11) is 1.92. The fourth-order valence-electron chi connectivity index (χ4n) is 3.67. The lowest BCUT2D eigenvalue weighted by Gasteiger charge is -2.49. The topological polar surface area (TPSA) is 53.6 Å². The number of hydrogen-bond acceptors (Lipinski definition) is 4. The second-order valence-corrected chi connectivity index (χ2v) is 7.47. The molecule has 2 fully saturated rings. The molecule has 5 nitrogen and oxygen atoms in total. The van der Waals surface area contributed by atoms with Crippen LogP contribution in [0.15, 0.2) is 0 Å². The first kappa shape index (κ1) is 15.7.